The molecule has 0 aromatic heterocycles. The Hall–Kier alpha value is -0.610. The van der Waals surface area contributed by atoms with Gasteiger partial charge in [0.15, 0.2) is 0 Å². The summed E-state index contributed by atoms with van der Waals surface area (Å²) in [6.45, 7) is 7.06. The van der Waals surface area contributed by atoms with Crippen LogP contribution in [0.4, 0.5) is 0 Å². The van der Waals surface area contributed by atoms with Gasteiger partial charge in [-0.2, -0.15) is 0 Å². The Morgan fingerprint density at radius 1 is 1.10 bits per heavy atom. The minimum atomic E-state index is -0.105. The van der Waals surface area contributed by atoms with Crippen LogP contribution in [0.25, 0.3) is 0 Å². The fraction of sp³-hybridized carbons (Fsp3) is 0.941. The molecule has 0 radical (unpaired) electrons. The molecule has 0 spiro atoms. The molecule has 1 aliphatic heterocycles. The van der Waals surface area contributed by atoms with E-state index in [-0.39, 0.29) is 23.4 Å². The van der Waals surface area contributed by atoms with E-state index in [9.17, 15) is 4.79 Å². The second kappa shape index (κ2) is 7.59. The maximum Gasteiger partial charge on any atom is 0.224 e. The molecule has 1 amide bonds. The molecule has 1 aliphatic carbocycles. The van der Waals surface area contributed by atoms with Gasteiger partial charge in [-0.15, -0.1) is 0 Å². The van der Waals surface area contributed by atoms with Crippen molar-refractivity contribution in [2.45, 2.75) is 76.8 Å². The first-order valence-corrected chi connectivity index (χ1v) is 8.83. The number of hydrogen-bond acceptors (Lipinski definition) is 3. The average Bonchev–Trinajstić information content (AvgIpc) is 2.53. The molecule has 1 saturated heterocycles. The summed E-state index contributed by atoms with van der Waals surface area (Å²) in [5.41, 5.74) is 6.06. The van der Waals surface area contributed by atoms with Gasteiger partial charge in [0.1, 0.15) is 0 Å². The Bertz CT molecular complexity index is 331. The summed E-state index contributed by atoms with van der Waals surface area (Å²) < 4.78 is 0. The van der Waals surface area contributed by atoms with E-state index in [1.165, 1.54) is 64.5 Å². The van der Waals surface area contributed by atoms with E-state index in [0.29, 0.717) is 0 Å². The number of nitrogens with two attached hydrogens (primary N) is 1. The van der Waals surface area contributed by atoms with Crippen LogP contribution in [-0.4, -0.2) is 42.0 Å². The van der Waals surface area contributed by atoms with Crippen LogP contribution in [0.2, 0.25) is 0 Å². The van der Waals surface area contributed by atoms with Crippen LogP contribution in [0.3, 0.4) is 0 Å². The topological polar surface area (TPSA) is 58.4 Å². The molecule has 2 atom stereocenters. The zero-order valence-electron chi connectivity index (χ0n) is 13.9. The summed E-state index contributed by atoms with van der Waals surface area (Å²) in [7, 11) is 0. The van der Waals surface area contributed by atoms with E-state index >= 15 is 0 Å². The highest BCUT2D eigenvalue weighted by atomic mass is 16.1. The summed E-state index contributed by atoms with van der Waals surface area (Å²) >= 11 is 0. The van der Waals surface area contributed by atoms with Gasteiger partial charge in [0, 0.05) is 24.0 Å². The number of hydrogen-bond donors (Lipinski definition) is 2. The fourth-order valence-electron chi connectivity index (χ4n) is 3.83. The van der Waals surface area contributed by atoms with Crippen molar-refractivity contribution in [2.24, 2.45) is 11.7 Å². The Morgan fingerprint density at radius 2 is 1.67 bits per heavy atom. The minimum Gasteiger partial charge on any atom is -0.354 e. The van der Waals surface area contributed by atoms with Gasteiger partial charge in [0.25, 0.3) is 0 Å². The van der Waals surface area contributed by atoms with Crippen LogP contribution in [0, 0.1) is 5.92 Å². The number of nitrogens with one attached hydrogen (secondary N) is 1. The molecule has 2 unspecified atom stereocenters. The van der Waals surface area contributed by atoms with Gasteiger partial charge in [0.2, 0.25) is 5.91 Å². The summed E-state index contributed by atoms with van der Waals surface area (Å²) in [4.78, 5) is 14.9. The van der Waals surface area contributed by atoms with Gasteiger partial charge in [-0.3, -0.25) is 9.69 Å². The Labute approximate surface area is 129 Å². The molecule has 3 N–H and O–H groups in total. The van der Waals surface area contributed by atoms with Gasteiger partial charge >= 0.3 is 0 Å². The Balaban J connectivity index is 1.97. The lowest BCUT2D eigenvalue weighted by molar-refractivity contribution is -0.126. The summed E-state index contributed by atoms with van der Waals surface area (Å²) in [5.74, 6) is 0.0129. The highest BCUT2D eigenvalue weighted by Gasteiger charge is 2.38. The van der Waals surface area contributed by atoms with Crippen LogP contribution in [0.1, 0.15) is 65.2 Å². The molecule has 122 valence electrons. The zero-order chi connectivity index (χ0) is 15.3. The smallest absolute Gasteiger partial charge is 0.224 e. The maximum atomic E-state index is 12.2. The average molecular weight is 295 g/mol. The number of nitrogens with zero attached hydrogens (tertiary/aromatic N) is 1. The molecule has 1 saturated carbocycles. The first kappa shape index (κ1) is 16.8. The summed E-state index contributed by atoms with van der Waals surface area (Å²) in [6.07, 6.45) is 10.4. The van der Waals surface area contributed by atoms with Crippen molar-refractivity contribution in [1.29, 1.82) is 0 Å². The van der Waals surface area contributed by atoms with Crippen LogP contribution in [0.5, 0.6) is 0 Å². The number of likely N-dealkylation sites (tertiary alicyclic amines) is 1. The predicted molar refractivity (Wildman–Crippen MR) is 87.1 cm³/mol. The molecule has 0 aromatic carbocycles. The third kappa shape index (κ3) is 4.19. The monoisotopic (exact) mass is 295 g/mol. The van der Waals surface area contributed by atoms with Crippen LogP contribution < -0.4 is 11.1 Å². The lowest BCUT2D eigenvalue weighted by atomic mass is 9.79. The molecule has 2 rings (SSSR count). The highest BCUT2D eigenvalue weighted by molar-refractivity contribution is 5.79. The summed E-state index contributed by atoms with van der Waals surface area (Å²) in [5, 5.41) is 3.21. The van der Waals surface area contributed by atoms with Crippen molar-refractivity contribution in [3.63, 3.8) is 0 Å². The molecule has 21 heavy (non-hydrogen) atoms. The first-order valence-electron chi connectivity index (χ1n) is 8.83. The second-order valence-electron chi connectivity index (χ2n) is 7.20. The van der Waals surface area contributed by atoms with Crippen molar-refractivity contribution in [1.82, 2.24) is 10.2 Å². The number of piperidine rings is 1. The van der Waals surface area contributed by atoms with Gasteiger partial charge < -0.3 is 11.1 Å². The van der Waals surface area contributed by atoms with Gasteiger partial charge in [-0.1, -0.05) is 32.6 Å². The predicted octanol–water partition coefficient (Wildman–Crippen LogP) is 2.27. The van der Waals surface area contributed by atoms with E-state index in [4.69, 9.17) is 5.73 Å². The minimum absolute atomic E-state index is 0.0812. The van der Waals surface area contributed by atoms with Gasteiger partial charge in [-0.05, 0) is 45.7 Å². The quantitative estimate of drug-likeness (QED) is 0.818. The molecule has 2 aliphatic rings. The molecular formula is C17H33N3O. The lowest BCUT2D eigenvalue weighted by Crippen LogP contribution is -2.58. The highest BCUT2D eigenvalue weighted by Crippen LogP contribution is 2.35. The second-order valence-corrected chi connectivity index (χ2v) is 7.20. The SMILES string of the molecule is CC(N)C(C)C(=O)NCC1(N2CCCCC2)CCCCC1. The largest absolute Gasteiger partial charge is 0.354 e. The van der Waals surface area contributed by atoms with E-state index in [1.54, 1.807) is 0 Å². The molecule has 4 heteroatoms. The van der Waals surface area contributed by atoms with Crippen molar-refractivity contribution < 1.29 is 4.79 Å². The van der Waals surface area contributed by atoms with E-state index in [2.05, 4.69) is 10.2 Å². The lowest BCUT2D eigenvalue weighted by Gasteiger charge is -2.48. The van der Waals surface area contributed by atoms with Crippen LogP contribution in [0.15, 0.2) is 0 Å². The van der Waals surface area contributed by atoms with Crippen molar-refractivity contribution in [2.75, 3.05) is 19.6 Å². The van der Waals surface area contributed by atoms with Gasteiger partial charge in [-0.25, -0.2) is 0 Å². The van der Waals surface area contributed by atoms with E-state index < -0.39 is 0 Å². The van der Waals surface area contributed by atoms with E-state index in [1.807, 2.05) is 13.8 Å². The fourth-order valence-corrected chi connectivity index (χ4v) is 3.83. The Morgan fingerprint density at radius 3 is 2.24 bits per heavy atom. The Kier molecular flexibility index (Phi) is 6.06. The maximum absolute atomic E-state index is 12.2. The van der Waals surface area contributed by atoms with Crippen molar-refractivity contribution >= 4 is 5.91 Å². The number of amides is 1. The number of carbonyl (C=O) groups is 1. The number of carbonyl (C=O) groups excluding carboxylic acids is 1. The van der Waals surface area contributed by atoms with E-state index in [0.717, 1.165) is 6.54 Å². The molecule has 0 bridgehead atoms. The van der Waals surface area contributed by atoms with Crippen molar-refractivity contribution in [3.8, 4) is 0 Å². The molecule has 2 fully saturated rings. The third-order valence-corrected chi connectivity index (χ3v) is 5.61. The molecule has 0 aromatic rings. The van der Waals surface area contributed by atoms with Crippen LogP contribution in [-0.2, 0) is 4.79 Å². The number of rotatable bonds is 5. The molecule has 4 nitrogen and oxygen atoms in total. The molecule has 1 heterocycles. The normalized spacial score (nSPS) is 26.0. The van der Waals surface area contributed by atoms with Crippen molar-refractivity contribution in [3.05, 3.63) is 0 Å². The zero-order valence-corrected chi connectivity index (χ0v) is 13.9. The summed E-state index contributed by atoms with van der Waals surface area (Å²) in [6, 6.07) is -0.0812. The standard InChI is InChI=1S/C17H33N3O/c1-14(15(2)18)16(21)19-13-17(9-5-3-6-10-17)20-11-7-4-8-12-20/h14-15H,3-13,18H2,1-2H3,(H,19,21). The van der Waals surface area contributed by atoms with Gasteiger partial charge in [0.05, 0.1) is 0 Å². The molecular weight excluding hydrogens is 262 g/mol. The first-order chi connectivity index (χ1) is 10.1. The third-order valence-electron chi connectivity index (χ3n) is 5.61. The van der Waals surface area contributed by atoms with Crippen LogP contribution >= 0.6 is 0 Å².